The molecule has 2 heterocycles. The molecular formula is C24H28Cl2N4O4. The number of rotatable bonds is 5. The molecule has 4 N–H and O–H groups in total. The number of ether oxygens (including phenoxy) is 2. The van der Waals surface area contributed by atoms with E-state index < -0.39 is 12.4 Å². The van der Waals surface area contributed by atoms with E-state index in [4.69, 9.17) is 38.4 Å². The molecule has 1 amide bonds. The summed E-state index contributed by atoms with van der Waals surface area (Å²) in [5.41, 5.74) is 9.61. The second kappa shape index (κ2) is 10.4. The van der Waals surface area contributed by atoms with Gasteiger partial charge in [0.05, 0.1) is 15.7 Å². The Morgan fingerprint density at radius 1 is 1.29 bits per heavy atom. The van der Waals surface area contributed by atoms with Crippen LogP contribution in [0.25, 0.3) is 5.57 Å². The SMILES string of the molecule is CN(C)C(=O)Oc1cc2c(cc1Cl)C(CN1CCNCC1)=C(Cc1cccc(N)c1Cl)C(O)O2. The zero-order valence-electron chi connectivity index (χ0n) is 19.1. The van der Waals surface area contributed by atoms with Gasteiger partial charge < -0.3 is 30.5 Å². The van der Waals surface area contributed by atoms with E-state index in [9.17, 15) is 9.90 Å². The minimum absolute atomic E-state index is 0.162. The summed E-state index contributed by atoms with van der Waals surface area (Å²) in [6, 6.07) is 8.72. The number of nitrogens with zero attached hydrogens (tertiary/aromatic N) is 2. The average molecular weight is 507 g/mol. The number of amides is 1. The predicted octanol–water partition coefficient (Wildman–Crippen LogP) is 3.25. The Bertz CT molecular complexity index is 1120. The number of hydrogen-bond donors (Lipinski definition) is 3. The second-order valence-electron chi connectivity index (χ2n) is 8.54. The third-order valence-corrected chi connectivity index (χ3v) is 6.68. The molecule has 0 bridgehead atoms. The zero-order chi connectivity index (χ0) is 24.4. The summed E-state index contributed by atoms with van der Waals surface area (Å²) >= 11 is 13.0. The first-order chi connectivity index (χ1) is 16.2. The number of piperazine rings is 1. The molecule has 2 aliphatic heterocycles. The van der Waals surface area contributed by atoms with Crippen molar-refractivity contribution in [2.45, 2.75) is 12.7 Å². The minimum Gasteiger partial charge on any atom is -0.460 e. The molecule has 0 radical (unpaired) electrons. The van der Waals surface area contributed by atoms with Crippen LogP contribution in [0.5, 0.6) is 11.5 Å². The van der Waals surface area contributed by atoms with Crippen LogP contribution in [0.1, 0.15) is 11.1 Å². The number of carbonyl (C=O) groups excluding carboxylic acids is 1. The maximum atomic E-state index is 12.0. The van der Waals surface area contributed by atoms with E-state index in [0.29, 0.717) is 35.0 Å². The van der Waals surface area contributed by atoms with Crippen molar-refractivity contribution >= 4 is 40.6 Å². The third kappa shape index (κ3) is 5.26. The Kier molecular flexibility index (Phi) is 7.54. The summed E-state index contributed by atoms with van der Waals surface area (Å²) in [5, 5.41) is 15.1. The lowest BCUT2D eigenvalue weighted by Gasteiger charge is -2.34. The molecule has 1 saturated heterocycles. The smallest absolute Gasteiger partial charge is 0.414 e. The molecular weight excluding hydrogens is 479 g/mol. The summed E-state index contributed by atoms with van der Waals surface area (Å²) in [6.07, 6.45) is -1.41. The molecule has 1 atom stereocenters. The predicted molar refractivity (Wildman–Crippen MR) is 134 cm³/mol. The van der Waals surface area contributed by atoms with Crippen molar-refractivity contribution in [2.24, 2.45) is 0 Å². The molecule has 34 heavy (non-hydrogen) atoms. The number of nitrogen functional groups attached to an aromatic ring is 1. The molecule has 2 aromatic carbocycles. The van der Waals surface area contributed by atoms with Gasteiger partial charge in [0.15, 0.2) is 5.75 Å². The van der Waals surface area contributed by atoms with Gasteiger partial charge in [-0.3, -0.25) is 4.90 Å². The van der Waals surface area contributed by atoms with E-state index in [1.807, 2.05) is 12.1 Å². The van der Waals surface area contributed by atoms with Gasteiger partial charge in [-0.1, -0.05) is 35.3 Å². The summed E-state index contributed by atoms with van der Waals surface area (Å²) in [6.45, 7) is 4.10. The van der Waals surface area contributed by atoms with Crippen molar-refractivity contribution in [3.8, 4) is 11.5 Å². The monoisotopic (exact) mass is 506 g/mol. The van der Waals surface area contributed by atoms with Crippen molar-refractivity contribution < 1.29 is 19.4 Å². The van der Waals surface area contributed by atoms with E-state index >= 15 is 0 Å². The molecule has 2 aromatic rings. The van der Waals surface area contributed by atoms with Gasteiger partial charge in [0.1, 0.15) is 5.75 Å². The van der Waals surface area contributed by atoms with Crippen LogP contribution in [0.4, 0.5) is 10.5 Å². The number of nitrogens with one attached hydrogen (secondary N) is 1. The summed E-state index contributed by atoms with van der Waals surface area (Å²) in [4.78, 5) is 15.7. The van der Waals surface area contributed by atoms with Crippen LogP contribution in [-0.2, 0) is 6.42 Å². The van der Waals surface area contributed by atoms with Crippen LogP contribution in [0.15, 0.2) is 35.9 Å². The first-order valence-electron chi connectivity index (χ1n) is 11.0. The van der Waals surface area contributed by atoms with Gasteiger partial charge in [0.2, 0.25) is 6.29 Å². The Labute approximate surface area is 208 Å². The highest BCUT2D eigenvalue weighted by Crippen LogP contribution is 2.43. The van der Waals surface area contributed by atoms with E-state index in [0.717, 1.165) is 42.9 Å². The summed E-state index contributed by atoms with van der Waals surface area (Å²) < 4.78 is 11.2. The first kappa shape index (κ1) is 24.6. The lowest BCUT2D eigenvalue weighted by molar-refractivity contribution is 0.00987. The van der Waals surface area contributed by atoms with Gasteiger partial charge in [-0.25, -0.2) is 4.79 Å². The maximum Gasteiger partial charge on any atom is 0.414 e. The molecule has 0 aliphatic carbocycles. The minimum atomic E-state index is -1.21. The van der Waals surface area contributed by atoms with Gasteiger partial charge in [-0.15, -0.1) is 0 Å². The summed E-state index contributed by atoms with van der Waals surface area (Å²) in [5.74, 6) is 0.557. The Morgan fingerprint density at radius 2 is 2.03 bits per heavy atom. The fraction of sp³-hybridized carbons (Fsp3) is 0.375. The van der Waals surface area contributed by atoms with Crippen molar-refractivity contribution in [1.29, 1.82) is 0 Å². The third-order valence-electron chi connectivity index (χ3n) is 5.93. The standard InChI is InChI=1S/C24H28Cl2N4O4/c1-29(2)24(32)34-21-12-20-15(11-18(21)25)17(13-30-8-6-28-7-9-30)16(23(31)33-20)10-14-4-3-5-19(27)22(14)26/h3-5,11-12,23,28,31H,6-10,13,27H2,1-2H3. The Morgan fingerprint density at radius 3 is 2.74 bits per heavy atom. The lowest BCUT2D eigenvalue weighted by atomic mass is 9.91. The number of halogens is 2. The van der Waals surface area contributed by atoms with E-state index in [2.05, 4.69) is 10.2 Å². The largest absolute Gasteiger partial charge is 0.460 e. The number of hydrogen-bond acceptors (Lipinski definition) is 7. The van der Waals surface area contributed by atoms with Crippen LogP contribution < -0.4 is 20.5 Å². The fourth-order valence-electron chi connectivity index (χ4n) is 4.06. The number of fused-ring (bicyclic) bond motifs is 1. The number of anilines is 1. The van der Waals surface area contributed by atoms with E-state index in [1.165, 1.54) is 4.90 Å². The van der Waals surface area contributed by atoms with Gasteiger partial charge >= 0.3 is 6.09 Å². The normalized spacial score (nSPS) is 18.3. The van der Waals surface area contributed by atoms with Crippen molar-refractivity contribution in [3.05, 3.63) is 57.1 Å². The van der Waals surface area contributed by atoms with Crippen LogP contribution in [0, 0.1) is 0 Å². The molecule has 8 nitrogen and oxygen atoms in total. The number of benzene rings is 2. The summed E-state index contributed by atoms with van der Waals surface area (Å²) in [7, 11) is 3.16. The van der Waals surface area contributed by atoms with Gasteiger partial charge in [0, 0.05) is 70.4 Å². The highest BCUT2D eigenvalue weighted by molar-refractivity contribution is 6.34. The fourth-order valence-corrected chi connectivity index (χ4v) is 4.46. The van der Waals surface area contributed by atoms with Crippen molar-refractivity contribution in [1.82, 2.24) is 15.1 Å². The first-order valence-corrected chi connectivity index (χ1v) is 11.8. The Hall–Kier alpha value is -2.49. The molecule has 1 unspecified atom stereocenters. The van der Waals surface area contributed by atoms with Gasteiger partial charge in [-0.2, -0.15) is 0 Å². The molecule has 182 valence electrons. The number of aliphatic hydroxyl groups excluding tert-OH is 1. The van der Waals surface area contributed by atoms with Crippen LogP contribution in [-0.4, -0.2) is 74.1 Å². The quantitative estimate of drug-likeness (QED) is 0.535. The molecule has 0 saturated carbocycles. The highest BCUT2D eigenvalue weighted by Gasteiger charge is 2.31. The van der Waals surface area contributed by atoms with Gasteiger partial charge in [-0.05, 0) is 23.3 Å². The van der Waals surface area contributed by atoms with E-state index in [1.54, 1.807) is 32.3 Å². The topological polar surface area (TPSA) is 100 Å². The lowest BCUT2D eigenvalue weighted by Crippen LogP contribution is -2.44. The Balaban J connectivity index is 1.77. The number of nitrogens with two attached hydrogens (primary N) is 1. The molecule has 0 spiro atoms. The molecule has 10 heteroatoms. The van der Waals surface area contributed by atoms with Crippen molar-refractivity contribution in [2.75, 3.05) is 52.6 Å². The van der Waals surface area contributed by atoms with Crippen LogP contribution in [0.3, 0.4) is 0 Å². The maximum absolute atomic E-state index is 12.0. The van der Waals surface area contributed by atoms with Crippen molar-refractivity contribution in [3.63, 3.8) is 0 Å². The molecule has 1 fully saturated rings. The number of aliphatic hydroxyl groups is 1. The zero-order valence-corrected chi connectivity index (χ0v) is 20.6. The average Bonchev–Trinajstić information content (AvgIpc) is 2.80. The molecule has 0 aromatic heterocycles. The van der Waals surface area contributed by atoms with Gasteiger partial charge in [0.25, 0.3) is 0 Å². The number of carbonyl (C=O) groups is 1. The molecule has 4 rings (SSSR count). The molecule has 2 aliphatic rings. The second-order valence-corrected chi connectivity index (χ2v) is 9.32. The van der Waals surface area contributed by atoms with Crippen LogP contribution >= 0.6 is 23.2 Å². The van der Waals surface area contributed by atoms with Crippen LogP contribution in [0.2, 0.25) is 10.0 Å². The van der Waals surface area contributed by atoms with E-state index in [-0.39, 0.29) is 10.8 Å². The highest BCUT2D eigenvalue weighted by atomic mass is 35.5.